The Morgan fingerprint density at radius 2 is 2.00 bits per heavy atom. The summed E-state index contributed by atoms with van der Waals surface area (Å²) in [5.41, 5.74) is 8.87. The zero-order valence-corrected chi connectivity index (χ0v) is 19.0. The van der Waals surface area contributed by atoms with Crippen molar-refractivity contribution in [2.75, 3.05) is 31.4 Å². The molecule has 0 aliphatic carbocycles. The number of aromatic nitrogens is 2. The molecule has 34 heavy (non-hydrogen) atoms. The fourth-order valence-electron chi connectivity index (χ4n) is 3.85. The van der Waals surface area contributed by atoms with Crippen molar-refractivity contribution in [1.82, 2.24) is 15.3 Å². The molecule has 176 valence electrons. The largest absolute Gasteiger partial charge is 0.496 e. The Kier molecular flexibility index (Phi) is 7.34. The summed E-state index contributed by atoms with van der Waals surface area (Å²) < 4.78 is 10.8. The van der Waals surface area contributed by atoms with Crippen molar-refractivity contribution in [2.45, 2.75) is 25.4 Å². The van der Waals surface area contributed by atoms with Crippen LogP contribution in [0.1, 0.15) is 39.9 Å². The van der Waals surface area contributed by atoms with Crippen LogP contribution < -0.4 is 21.1 Å². The molecule has 9 heteroatoms. The maximum absolute atomic E-state index is 12.5. The number of carbonyl (C=O) groups is 1. The zero-order valence-electron chi connectivity index (χ0n) is 19.0. The SMILES string of the molecule is COc1ccccc1C(=O)NCc1ccc(C(=N)c2c(N)ncnc2NC2CCCOC2)cc1. The van der Waals surface area contributed by atoms with Crippen LogP contribution in [0.15, 0.2) is 54.9 Å². The number of benzene rings is 2. The predicted molar refractivity (Wildman–Crippen MR) is 130 cm³/mol. The highest BCUT2D eigenvalue weighted by Crippen LogP contribution is 2.24. The summed E-state index contributed by atoms with van der Waals surface area (Å²) in [5, 5.41) is 15.0. The Hall–Kier alpha value is -3.98. The number of anilines is 2. The molecule has 1 atom stereocenters. The number of ether oxygens (including phenoxy) is 2. The minimum absolute atomic E-state index is 0.115. The van der Waals surface area contributed by atoms with Gasteiger partial charge in [0.1, 0.15) is 23.7 Å². The van der Waals surface area contributed by atoms with Gasteiger partial charge in [-0.25, -0.2) is 9.97 Å². The first-order chi connectivity index (χ1) is 16.6. The third kappa shape index (κ3) is 5.32. The number of carbonyl (C=O) groups excluding carboxylic acids is 1. The molecule has 1 fully saturated rings. The number of hydrogen-bond donors (Lipinski definition) is 4. The van der Waals surface area contributed by atoms with Gasteiger partial charge in [0.2, 0.25) is 0 Å². The molecule has 1 saturated heterocycles. The Morgan fingerprint density at radius 1 is 1.21 bits per heavy atom. The second-order valence-electron chi connectivity index (χ2n) is 8.00. The van der Waals surface area contributed by atoms with Crippen LogP contribution in [0.4, 0.5) is 11.6 Å². The number of nitrogen functional groups attached to an aromatic ring is 1. The van der Waals surface area contributed by atoms with E-state index >= 15 is 0 Å². The van der Waals surface area contributed by atoms with Gasteiger partial charge < -0.3 is 25.8 Å². The molecular weight excluding hydrogens is 432 g/mol. The van der Waals surface area contributed by atoms with Gasteiger partial charge in [0.15, 0.2) is 0 Å². The van der Waals surface area contributed by atoms with Crippen LogP contribution in [0.3, 0.4) is 0 Å². The fourth-order valence-corrected chi connectivity index (χ4v) is 3.85. The number of nitrogens with one attached hydrogen (secondary N) is 3. The average Bonchev–Trinajstić information content (AvgIpc) is 2.88. The molecule has 0 bridgehead atoms. The van der Waals surface area contributed by atoms with Crippen molar-refractivity contribution in [2.24, 2.45) is 0 Å². The van der Waals surface area contributed by atoms with Gasteiger partial charge in [0.05, 0.1) is 36.6 Å². The van der Waals surface area contributed by atoms with Gasteiger partial charge in [-0.1, -0.05) is 36.4 Å². The van der Waals surface area contributed by atoms with Crippen LogP contribution >= 0.6 is 0 Å². The molecule has 0 spiro atoms. The molecule has 1 unspecified atom stereocenters. The molecule has 1 aliphatic heterocycles. The van der Waals surface area contributed by atoms with Gasteiger partial charge in [0, 0.05) is 18.7 Å². The summed E-state index contributed by atoms with van der Waals surface area (Å²) in [7, 11) is 1.54. The molecular formula is C25H28N6O3. The normalized spacial score (nSPS) is 15.4. The van der Waals surface area contributed by atoms with E-state index in [1.54, 1.807) is 18.2 Å². The van der Waals surface area contributed by atoms with E-state index in [0.29, 0.717) is 41.4 Å². The van der Waals surface area contributed by atoms with Gasteiger partial charge in [-0.15, -0.1) is 0 Å². The van der Waals surface area contributed by atoms with E-state index in [9.17, 15) is 4.79 Å². The number of nitrogens with two attached hydrogens (primary N) is 1. The van der Waals surface area contributed by atoms with Crippen LogP contribution in [-0.4, -0.2) is 48.0 Å². The Labute approximate surface area is 198 Å². The van der Waals surface area contributed by atoms with Crippen LogP contribution in [0.5, 0.6) is 5.75 Å². The van der Waals surface area contributed by atoms with E-state index in [1.165, 1.54) is 13.4 Å². The monoisotopic (exact) mass is 460 g/mol. The molecule has 4 rings (SSSR count). The van der Waals surface area contributed by atoms with E-state index in [1.807, 2.05) is 30.3 Å². The molecule has 2 heterocycles. The molecule has 1 amide bonds. The summed E-state index contributed by atoms with van der Waals surface area (Å²) in [6.45, 7) is 1.69. The summed E-state index contributed by atoms with van der Waals surface area (Å²) >= 11 is 0. The van der Waals surface area contributed by atoms with Crippen LogP contribution in [0, 0.1) is 5.41 Å². The lowest BCUT2D eigenvalue weighted by Crippen LogP contribution is -2.31. The molecule has 5 N–H and O–H groups in total. The van der Waals surface area contributed by atoms with E-state index < -0.39 is 0 Å². The quantitative estimate of drug-likeness (QED) is 0.380. The lowest BCUT2D eigenvalue weighted by Gasteiger charge is -2.25. The molecule has 2 aromatic carbocycles. The number of para-hydroxylation sites is 1. The zero-order chi connectivity index (χ0) is 23.9. The number of hydrogen-bond acceptors (Lipinski definition) is 8. The standard InChI is InChI=1S/C25H28N6O3/c1-33-20-7-3-2-6-19(20)25(32)28-13-16-8-10-17(11-9-16)22(26)21-23(27)29-15-30-24(21)31-18-5-4-12-34-14-18/h2-3,6-11,15,18,26H,4-5,12-14H2,1H3,(H,28,32)(H3,27,29,30,31). The first-order valence-corrected chi connectivity index (χ1v) is 11.1. The second kappa shape index (κ2) is 10.8. The first-order valence-electron chi connectivity index (χ1n) is 11.1. The molecule has 1 aromatic heterocycles. The van der Waals surface area contributed by atoms with E-state index in [2.05, 4.69) is 20.6 Å². The predicted octanol–water partition coefficient (Wildman–Crippen LogP) is 3.00. The van der Waals surface area contributed by atoms with Crippen molar-refractivity contribution in [1.29, 1.82) is 5.41 Å². The number of amides is 1. The molecule has 1 aliphatic rings. The van der Waals surface area contributed by atoms with E-state index in [4.69, 9.17) is 20.6 Å². The molecule has 0 radical (unpaired) electrons. The topological polar surface area (TPSA) is 135 Å². The van der Waals surface area contributed by atoms with Crippen molar-refractivity contribution < 1.29 is 14.3 Å². The van der Waals surface area contributed by atoms with Crippen molar-refractivity contribution in [3.05, 3.63) is 77.1 Å². The average molecular weight is 461 g/mol. The summed E-state index contributed by atoms with van der Waals surface area (Å²) in [6, 6.07) is 14.6. The Balaban J connectivity index is 1.45. The fraction of sp³-hybridized carbons (Fsp3) is 0.280. The Morgan fingerprint density at radius 3 is 2.74 bits per heavy atom. The summed E-state index contributed by atoms with van der Waals surface area (Å²) in [4.78, 5) is 20.9. The lowest BCUT2D eigenvalue weighted by molar-refractivity contribution is 0.0875. The van der Waals surface area contributed by atoms with Gasteiger partial charge >= 0.3 is 0 Å². The molecule has 3 aromatic rings. The third-order valence-corrected chi connectivity index (χ3v) is 5.68. The first kappa shape index (κ1) is 23.2. The Bertz CT molecular complexity index is 1160. The summed E-state index contributed by atoms with van der Waals surface area (Å²) in [6.07, 6.45) is 3.33. The van der Waals surface area contributed by atoms with Crippen LogP contribution in [0.2, 0.25) is 0 Å². The van der Waals surface area contributed by atoms with Crippen LogP contribution in [-0.2, 0) is 11.3 Å². The summed E-state index contributed by atoms with van der Waals surface area (Å²) in [5.74, 6) is 1.08. The van der Waals surface area contributed by atoms with E-state index in [0.717, 1.165) is 25.0 Å². The van der Waals surface area contributed by atoms with Gasteiger partial charge in [-0.3, -0.25) is 10.2 Å². The molecule has 0 saturated carbocycles. The number of nitrogens with zero attached hydrogens (tertiary/aromatic N) is 2. The van der Waals surface area contributed by atoms with Crippen molar-refractivity contribution in [3.8, 4) is 5.75 Å². The smallest absolute Gasteiger partial charge is 0.255 e. The van der Waals surface area contributed by atoms with Gasteiger partial charge in [0.25, 0.3) is 5.91 Å². The maximum atomic E-state index is 12.5. The van der Waals surface area contributed by atoms with Crippen molar-refractivity contribution in [3.63, 3.8) is 0 Å². The second-order valence-corrected chi connectivity index (χ2v) is 8.00. The third-order valence-electron chi connectivity index (χ3n) is 5.68. The highest BCUT2D eigenvalue weighted by Gasteiger charge is 2.20. The minimum atomic E-state index is -0.217. The van der Waals surface area contributed by atoms with E-state index in [-0.39, 0.29) is 23.5 Å². The number of rotatable bonds is 8. The van der Waals surface area contributed by atoms with Crippen LogP contribution in [0.25, 0.3) is 0 Å². The minimum Gasteiger partial charge on any atom is -0.496 e. The maximum Gasteiger partial charge on any atom is 0.255 e. The van der Waals surface area contributed by atoms with Gasteiger partial charge in [-0.2, -0.15) is 0 Å². The van der Waals surface area contributed by atoms with Gasteiger partial charge in [-0.05, 0) is 30.5 Å². The number of methoxy groups -OCH3 is 1. The highest BCUT2D eigenvalue weighted by atomic mass is 16.5. The van der Waals surface area contributed by atoms with Crippen molar-refractivity contribution >= 4 is 23.3 Å². The highest BCUT2D eigenvalue weighted by molar-refractivity contribution is 6.16. The lowest BCUT2D eigenvalue weighted by atomic mass is 10.0. The molecule has 9 nitrogen and oxygen atoms in total.